The second-order valence-corrected chi connectivity index (χ2v) is 9.00. The number of benzene rings is 1. The molecule has 0 atom stereocenters. The molecule has 0 saturated carbocycles. The van der Waals surface area contributed by atoms with E-state index in [1.807, 2.05) is 13.8 Å². The van der Waals surface area contributed by atoms with Crippen LogP contribution in [-0.4, -0.2) is 49.0 Å². The van der Waals surface area contributed by atoms with Crippen molar-refractivity contribution in [3.63, 3.8) is 0 Å². The van der Waals surface area contributed by atoms with Crippen LogP contribution in [0.15, 0.2) is 24.3 Å². The van der Waals surface area contributed by atoms with Crippen molar-refractivity contribution in [2.45, 2.75) is 19.8 Å². The Morgan fingerprint density at radius 3 is 2.33 bits per heavy atom. The van der Waals surface area contributed by atoms with Crippen LogP contribution in [0.2, 0.25) is 0 Å². The fourth-order valence-electron chi connectivity index (χ4n) is 2.06. The molecular weight excluding hydrogens is 392 g/mol. The number of nitrogens with zero attached hydrogens (tertiary/aromatic N) is 2. The van der Waals surface area contributed by atoms with Gasteiger partial charge in [0.05, 0.1) is 12.8 Å². The largest absolute Gasteiger partial charge is 0.495 e. The molecule has 0 unspecified atom stereocenters. The lowest BCUT2D eigenvalue weighted by Crippen LogP contribution is -2.30. The average Bonchev–Trinajstić information content (AvgIpc) is 3.02. The van der Waals surface area contributed by atoms with E-state index in [-0.39, 0.29) is 11.0 Å². The fraction of sp³-hybridized carbons (Fsp3) is 0.375. The number of aromatic nitrogens is 2. The van der Waals surface area contributed by atoms with Crippen LogP contribution in [0.4, 0.5) is 10.8 Å². The number of nitrogens with one attached hydrogen (secondary N) is 2. The van der Waals surface area contributed by atoms with Crippen LogP contribution in [0.3, 0.4) is 0 Å². The third-order valence-electron chi connectivity index (χ3n) is 3.26. The predicted octanol–water partition coefficient (Wildman–Crippen LogP) is 1.66. The van der Waals surface area contributed by atoms with Crippen molar-refractivity contribution >= 4 is 43.8 Å². The number of rotatable bonds is 8. The van der Waals surface area contributed by atoms with Crippen LogP contribution in [0.25, 0.3) is 0 Å². The summed E-state index contributed by atoms with van der Waals surface area (Å²) in [6, 6.07) is 6.60. The third-order valence-corrected chi connectivity index (χ3v) is 5.81. The average molecular weight is 412 g/mol. The van der Waals surface area contributed by atoms with Gasteiger partial charge in [0, 0.05) is 5.92 Å². The topological polar surface area (TPSA) is 127 Å². The quantitative estimate of drug-likeness (QED) is 0.675. The van der Waals surface area contributed by atoms with Gasteiger partial charge < -0.3 is 10.1 Å². The summed E-state index contributed by atoms with van der Waals surface area (Å²) in [4.78, 5) is 24.0. The third kappa shape index (κ3) is 6.29. The van der Waals surface area contributed by atoms with E-state index in [1.54, 1.807) is 24.3 Å². The van der Waals surface area contributed by atoms with Crippen LogP contribution < -0.4 is 15.4 Å². The number of ether oxygens (including phenoxy) is 1. The molecule has 1 aromatic heterocycles. The minimum atomic E-state index is -3.96. The standard InChI is InChI=1S/C16H20N4O5S2/c1-10(2)15-19-20-16(26-15)18-14(22)9-27(23,24)8-13(21)17-11-6-4-5-7-12(11)25-3/h4-7,10H,8-9H2,1-3H3,(H,17,21)(H,18,20,22). The summed E-state index contributed by atoms with van der Waals surface area (Å²) in [6.45, 7) is 3.85. The monoisotopic (exact) mass is 412 g/mol. The number of hydrogen-bond donors (Lipinski definition) is 2. The summed E-state index contributed by atoms with van der Waals surface area (Å²) in [5.41, 5.74) is 0.347. The molecule has 0 aliphatic heterocycles. The number of anilines is 2. The lowest BCUT2D eigenvalue weighted by molar-refractivity contribution is -0.114. The van der Waals surface area contributed by atoms with Crippen molar-refractivity contribution in [3.05, 3.63) is 29.3 Å². The first-order valence-corrected chi connectivity index (χ1v) is 10.6. The van der Waals surface area contributed by atoms with Crippen LogP contribution in [-0.2, 0) is 19.4 Å². The second-order valence-electron chi connectivity index (χ2n) is 5.93. The summed E-state index contributed by atoms with van der Waals surface area (Å²) >= 11 is 1.17. The van der Waals surface area contributed by atoms with Gasteiger partial charge in [0.15, 0.2) is 9.84 Å². The van der Waals surface area contributed by atoms with E-state index in [0.29, 0.717) is 11.4 Å². The van der Waals surface area contributed by atoms with Gasteiger partial charge in [0.1, 0.15) is 22.3 Å². The molecule has 1 aromatic carbocycles. The maximum absolute atomic E-state index is 12.1. The molecule has 0 aliphatic rings. The highest BCUT2D eigenvalue weighted by Gasteiger charge is 2.22. The smallest absolute Gasteiger partial charge is 0.241 e. The highest BCUT2D eigenvalue weighted by molar-refractivity contribution is 7.92. The fourth-order valence-corrected chi connectivity index (χ4v) is 3.87. The van der Waals surface area contributed by atoms with Gasteiger partial charge in [-0.3, -0.25) is 14.9 Å². The molecule has 2 rings (SSSR count). The summed E-state index contributed by atoms with van der Waals surface area (Å²) in [6.07, 6.45) is 0. The van der Waals surface area contributed by atoms with Crippen LogP contribution in [0, 0.1) is 0 Å². The Kier molecular flexibility index (Phi) is 6.86. The van der Waals surface area contributed by atoms with Gasteiger partial charge in [-0.05, 0) is 12.1 Å². The van der Waals surface area contributed by atoms with Gasteiger partial charge in [0.2, 0.25) is 16.9 Å². The van der Waals surface area contributed by atoms with Gasteiger partial charge >= 0.3 is 0 Å². The Morgan fingerprint density at radius 2 is 1.74 bits per heavy atom. The zero-order chi connectivity index (χ0) is 20.0. The summed E-state index contributed by atoms with van der Waals surface area (Å²) in [5.74, 6) is -2.64. The minimum absolute atomic E-state index is 0.149. The molecule has 146 valence electrons. The Balaban J connectivity index is 1.93. The van der Waals surface area contributed by atoms with Gasteiger partial charge in [-0.25, -0.2) is 8.42 Å². The highest BCUT2D eigenvalue weighted by atomic mass is 32.2. The van der Waals surface area contributed by atoms with Crippen molar-refractivity contribution in [3.8, 4) is 5.75 Å². The summed E-state index contributed by atoms with van der Waals surface area (Å²) in [7, 11) is -2.52. The molecule has 1 heterocycles. The number of carbonyl (C=O) groups excluding carboxylic acids is 2. The van der Waals surface area contributed by atoms with E-state index in [0.717, 1.165) is 5.01 Å². The normalized spacial score (nSPS) is 11.3. The van der Waals surface area contributed by atoms with Crippen molar-refractivity contribution in [1.82, 2.24) is 10.2 Å². The molecule has 27 heavy (non-hydrogen) atoms. The Hall–Kier alpha value is -2.53. The first-order valence-electron chi connectivity index (χ1n) is 7.96. The van der Waals surface area contributed by atoms with Gasteiger partial charge in [-0.1, -0.05) is 37.3 Å². The van der Waals surface area contributed by atoms with Gasteiger partial charge in [0.25, 0.3) is 0 Å². The maximum atomic E-state index is 12.1. The maximum Gasteiger partial charge on any atom is 0.241 e. The molecule has 2 N–H and O–H groups in total. The summed E-state index contributed by atoms with van der Waals surface area (Å²) < 4.78 is 29.3. The predicted molar refractivity (Wildman–Crippen MR) is 103 cm³/mol. The van der Waals surface area contributed by atoms with Crippen molar-refractivity contribution in [2.24, 2.45) is 0 Å². The van der Waals surface area contributed by atoms with E-state index >= 15 is 0 Å². The van der Waals surface area contributed by atoms with E-state index in [1.165, 1.54) is 18.4 Å². The minimum Gasteiger partial charge on any atom is -0.495 e. The number of para-hydroxylation sites is 2. The molecule has 9 nitrogen and oxygen atoms in total. The molecular formula is C16H20N4O5S2. The Labute approximate surface area is 161 Å². The molecule has 0 aliphatic carbocycles. The van der Waals surface area contributed by atoms with Crippen molar-refractivity contribution in [2.75, 3.05) is 29.2 Å². The Bertz CT molecular complexity index is 924. The molecule has 0 spiro atoms. The number of amides is 2. The van der Waals surface area contributed by atoms with E-state index in [2.05, 4.69) is 20.8 Å². The SMILES string of the molecule is COc1ccccc1NC(=O)CS(=O)(=O)CC(=O)Nc1nnc(C(C)C)s1. The van der Waals surface area contributed by atoms with Gasteiger partial charge in [-0.2, -0.15) is 0 Å². The first kappa shape index (κ1) is 20.8. The highest BCUT2D eigenvalue weighted by Crippen LogP contribution is 2.23. The molecule has 0 saturated heterocycles. The van der Waals surface area contributed by atoms with E-state index in [9.17, 15) is 18.0 Å². The van der Waals surface area contributed by atoms with E-state index < -0.39 is 33.2 Å². The second kappa shape index (κ2) is 8.91. The number of sulfone groups is 1. The number of methoxy groups -OCH3 is 1. The molecule has 0 fully saturated rings. The molecule has 11 heteroatoms. The van der Waals surface area contributed by atoms with E-state index in [4.69, 9.17) is 4.74 Å². The number of carbonyl (C=O) groups is 2. The molecule has 0 radical (unpaired) electrons. The lowest BCUT2D eigenvalue weighted by Gasteiger charge is -2.10. The molecule has 2 aromatic rings. The zero-order valence-corrected chi connectivity index (χ0v) is 16.7. The Morgan fingerprint density at radius 1 is 1.11 bits per heavy atom. The van der Waals surface area contributed by atoms with Crippen LogP contribution >= 0.6 is 11.3 Å². The summed E-state index contributed by atoms with van der Waals surface area (Å²) in [5, 5.41) is 13.5. The van der Waals surface area contributed by atoms with Gasteiger partial charge in [-0.15, -0.1) is 10.2 Å². The lowest BCUT2D eigenvalue weighted by atomic mass is 10.2. The van der Waals surface area contributed by atoms with Crippen molar-refractivity contribution < 1.29 is 22.7 Å². The van der Waals surface area contributed by atoms with Crippen molar-refractivity contribution in [1.29, 1.82) is 0 Å². The molecule has 2 amide bonds. The number of hydrogen-bond acceptors (Lipinski definition) is 8. The van der Waals surface area contributed by atoms with Crippen LogP contribution in [0.5, 0.6) is 5.75 Å². The zero-order valence-electron chi connectivity index (χ0n) is 15.1. The molecule has 0 bridgehead atoms. The van der Waals surface area contributed by atoms with Crippen LogP contribution in [0.1, 0.15) is 24.8 Å². The first-order chi connectivity index (χ1) is 12.7.